The third kappa shape index (κ3) is 27.2. The van der Waals surface area contributed by atoms with Crippen molar-refractivity contribution >= 4 is 76.7 Å². The van der Waals surface area contributed by atoms with Crippen LogP contribution in [0.25, 0.3) is 0 Å². The molecule has 0 aromatic rings. The van der Waals surface area contributed by atoms with E-state index in [0.29, 0.717) is 12.2 Å². The number of thioether (sulfide) groups is 1. The van der Waals surface area contributed by atoms with E-state index in [2.05, 4.69) is 46.9 Å². The summed E-state index contributed by atoms with van der Waals surface area (Å²) in [7, 11) is 11.9. The van der Waals surface area contributed by atoms with Crippen LogP contribution in [0.15, 0.2) is 12.2 Å². The molecular formula is C72H132N12O13S. The average Bonchev–Trinajstić information content (AvgIpc) is 0.810. The molecule has 98 heavy (non-hydrogen) atoms. The number of likely N-dealkylation sites (N-methyl/N-ethyl adjacent to an activating group) is 7. The zero-order valence-corrected chi connectivity index (χ0v) is 66.0. The van der Waals surface area contributed by atoms with Crippen LogP contribution in [0.4, 0.5) is 0 Å². The number of carbonyl (C=O) groups is 11. The van der Waals surface area contributed by atoms with Gasteiger partial charge in [0.2, 0.25) is 65.0 Å². The lowest BCUT2D eigenvalue weighted by molar-refractivity contribution is -0.157. The number of nitrogens with one attached hydrogen (secondary N) is 4. The average molecular weight is 1410 g/mol. The zero-order chi connectivity index (χ0) is 76.1. The fourth-order valence-corrected chi connectivity index (χ4v) is 13.6. The van der Waals surface area contributed by atoms with Crippen LogP contribution in [0.2, 0.25) is 0 Å². The third-order valence-electron chi connectivity index (χ3n) is 18.2. The van der Waals surface area contributed by atoms with Crippen LogP contribution in [0.3, 0.4) is 0 Å². The monoisotopic (exact) mass is 1400 g/mol. The van der Waals surface area contributed by atoms with Gasteiger partial charge in [-0.3, -0.25) is 52.7 Å². The standard InChI is InChI=1S/C72H132N12O13S/c1-29-31-33-47(13)59(85)58-63(89)75-50(30-2)65(91)82(26)55(40-98-35-32-34-77(21)41-71(16,17)18)68(94)81(25)54(39-72(19,20)97)62(88)76-56(45(9)10)69(95)78(22)51(36-42(3)4)61(87)73-48(14)60(86)74-49(15)64(90)79(23)52(37-43(5)6)66(92)80(24)53(38-44(7)8)67(93)83(27)57(46(11)12)70(96)84(58)28/h29,31,42-59,85,97H,30,32-41H2,1-28H3,(H,73,87)(H,74,86)(H,75,89)(H,76,88)/b31-29+/t47-,48+,49-,50+,51+,52+,53+,54+,55-,56+,57+,58+,59-/m1/s1. The van der Waals surface area contributed by atoms with E-state index < -0.39 is 161 Å². The Morgan fingerprint density at radius 1 is 0.520 bits per heavy atom. The Morgan fingerprint density at radius 3 is 1.43 bits per heavy atom. The van der Waals surface area contributed by atoms with E-state index in [-0.39, 0.29) is 67.4 Å². The van der Waals surface area contributed by atoms with E-state index in [4.69, 9.17) is 0 Å². The van der Waals surface area contributed by atoms with Crippen molar-refractivity contribution in [2.24, 2.45) is 40.9 Å². The van der Waals surface area contributed by atoms with E-state index in [1.165, 1.54) is 113 Å². The smallest absolute Gasteiger partial charge is 0.246 e. The van der Waals surface area contributed by atoms with Crippen molar-refractivity contribution in [1.82, 2.24) is 60.5 Å². The molecule has 1 heterocycles. The second kappa shape index (κ2) is 40.5. The molecular weight excluding hydrogens is 1270 g/mol. The summed E-state index contributed by atoms with van der Waals surface area (Å²) in [6.07, 6.45) is 3.08. The highest BCUT2D eigenvalue weighted by atomic mass is 32.2. The summed E-state index contributed by atoms with van der Waals surface area (Å²) >= 11 is 1.41. The molecule has 0 aromatic heterocycles. The van der Waals surface area contributed by atoms with Crippen molar-refractivity contribution in [2.45, 2.75) is 262 Å². The number of rotatable bonds is 22. The molecule has 25 nitrogen and oxygen atoms in total. The van der Waals surface area contributed by atoms with Crippen molar-refractivity contribution in [2.75, 3.05) is 81.0 Å². The van der Waals surface area contributed by atoms with Gasteiger partial charge in [0.25, 0.3) is 0 Å². The van der Waals surface area contributed by atoms with E-state index in [1.54, 1.807) is 54.5 Å². The van der Waals surface area contributed by atoms with Crippen LogP contribution in [0.1, 0.15) is 183 Å². The van der Waals surface area contributed by atoms with Crippen LogP contribution >= 0.6 is 11.8 Å². The van der Waals surface area contributed by atoms with Crippen molar-refractivity contribution in [3.63, 3.8) is 0 Å². The van der Waals surface area contributed by atoms with Gasteiger partial charge in [0.05, 0.1) is 11.7 Å². The summed E-state index contributed by atoms with van der Waals surface area (Å²) in [5, 5.41) is 34.9. The summed E-state index contributed by atoms with van der Waals surface area (Å²) in [6.45, 7) is 37.0. The molecule has 6 N–H and O–H groups in total. The Kier molecular flexibility index (Phi) is 37.3. The highest BCUT2D eigenvalue weighted by Gasteiger charge is 2.47. The summed E-state index contributed by atoms with van der Waals surface area (Å²) in [4.78, 5) is 175. The Bertz CT molecular complexity index is 2680. The highest BCUT2D eigenvalue weighted by Crippen LogP contribution is 2.27. The lowest BCUT2D eigenvalue weighted by atomic mass is 9.91. The quantitative estimate of drug-likeness (QED) is 0.0624. The molecule has 1 aliphatic rings. The molecule has 0 spiro atoms. The van der Waals surface area contributed by atoms with Gasteiger partial charge in [-0.05, 0) is 133 Å². The molecule has 0 bridgehead atoms. The molecule has 564 valence electrons. The molecule has 0 saturated carbocycles. The summed E-state index contributed by atoms with van der Waals surface area (Å²) in [5.74, 6) is -9.69. The van der Waals surface area contributed by atoms with Gasteiger partial charge in [-0.2, -0.15) is 11.8 Å². The first kappa shape index (κ1) is 90.2. The molecule has 1 rings (SSSR count). The number of carbonyl (C=O) groups excluding carboxylic acids is 11. The molecule has 1 saturated heterocycles. The van der Waals surface area contributed by atoms with Gasteiger partial charge >= 0.3 is 0 Å². The SMILES string of the molecule is C/C=C/C[C@@H](C)[C@@H](O)[C@H]1C(=O)N[C@@H](CC)C(=O)N(C)[C@H](CSCCCN(C)CC(C)(C)C)C(=O)N(C)[C@@H](CC(C)(C)O)C(=O)N[C@@H](C(C)C)C(=O)N(C)[C@@H](CC(C)C)C(=O)N[C@@H](C)C(=O)N[C@H](C)C(=O)N(C)[C@@H](CC(C)C)C(=O)N(C)[C@@H](CC(C)C)C(=O)N(C)[C@@H](C(C)C)C(=O)N1C. The van der Waals surface area contributed by atoms with Crippen molar-refractivity contribution in [1.29, 1.82) is 0 Å². The van der Waals surface area contributed by atoms with E-state index in [9.17, 15) is 29.4 Å². The molecule has 1 aliphatic heterocycles. The number of hydrogen-bond donors (Lipinski definition) is 6. The topological polar surface area (TPSA) is 302 Å². The number of hydrogen-bond acceptors (Lipinski definition) is 15. The molecule has 0 aliphatic carbocycles. The molecule has 0 unspecified atom stereocenters. The Hall–Kier alpha value is -5.86. The maximum Gasteiger partial charge on any atom is 0.246 e. The minimum absolute atomic E-state index is 0.0195. The molecule has 13 atom stereocenters. The second-order valence-corrected chi connectivity index (χ2v) is 32.6. The van der Waals surface area contributed by atoms with Gasteiger partial charge < -0.3 is 70.7 Å². The van der Waals surface area contributed by atoms with Crippen LogP contribution < -0.4 is 21.3 Å². The fraction of sp³-hybridized carbons (Fsp3) is 0.819. The lowest BCUT2D eigenvalue weighted by Gasteiger charge is -2.41. The first-order chi connectivity index (χ1) is 45.0. The van der Waals surface area contributed by atoms with Gasteiger partial charge in [0.1, 0.15) is 66.5 Å². The fourth-order valence-electron chi connectivity index (χ4n) is 12.5. The number of amides is 11. The van der Waals surface area contributed by atoms with Crippen LogP contribution in [-0.2, 0) is 52.7 Å². The first-order valence-electron chi connectivity index (χ1n) is 35.4. The van der Waals surface area contributed by atoms with Crippen molar-refractivity contribution < 1.29 is 63.0 Å². The Balaban J connectivity index is 4.58. The number of nitrogens with zero attached hydrogens (tertiary/aromatic N) is 8. The number of aliphatic hydroxyl groups excluding tert-OH is 1. The zero-order valence-electron chi connectivity index (χ0n) is 65.2. The maximum absolute atomic E-state index is 15.5. The van der Waals surface area contributed by atoms with Crippen LogP contribution in [0, 0.1) is 40.9 Å². The van der Waals surface area contributed by atoms with E-state index in [0.717, 1.165) is 22.9 Å². The van der Waals surface area contributed by atoms with Gasteiger partial charge in [-0.15, -0.1) is 0 Å². The number of aliphatic hydroxyl groups is 2. The molecule has 1 fully saturated rings. The highest BCUT2D eigenvalue weighted by molar-refractivity contribution is 7.99. The van der Waals surface area contributed by atoms with Crippen molar-refractivity contribution in [3.05, 3.63) is 12.2 Å². The summed E-state index contributed by atoms with van der Waals surface area (Å²) in [5.41, 5.74) is -1.55. The summed E-state index contributed by atoms with van der Waals surface area (Å²) in [6, 6.07) is -14.4. The van der Waals surface area contributed by atoms with Gasteiger partial charge in [-0.1, -0.05) is 116 Å². The molecule has 0 radical (unpaired) electrons. The Morgan fingerprint density at radius 2 is 0.959 bits per heavy atom. The first-order valence-corrected chi connectivity index (χ1v) is 36.5. The maximum atomic E-state index is 15.5. The van der Waals surface area contributed by atoms with E-state index >= 15 is 33.6 Å². The molecule has 11 amide bonds. The second-order valence-electron chi connectivity index (χ2n) is 31.4. The van der Waals surface area contributed by atoms with Crippen molar-refractivity contribution in [3.8, 4) is 0 Å². The minimum Gasteiger partial charge on any atom is -0.390 e. The van der Waals surface area contributed by atoms with Gasteiger partial charge in [0, 0.05) is 68.1 Å². The van der Waals surface area contributed by atoms with Crippen LogP contribution in [0.5, 0.6) is 0 Å². The third-order valence-corrected chi connectivity index (χ3v) is 19.4. The largest absolute Gasteiger partial charge is 0.390 e. The predicted octanol–water partition coefficient (Wildman–Crippen LogP) is 4.85. The van der Waals surface area contributed by atoms with Gasteiger partial charge in [-0.25, -0.2) is 0 Å². The Labute approximate surface area is 593 Å². The van der Waals surface area contributed by atoms with Crippen LogP contribution in [-0.4, -0.2) is 274 Å². The summed E-state index contributed by atoms with van der Waals surface area (Å²) < 4.78 is 0. The minimum atomic E-state index is -1.66. The number of allylic oxidation sites excluding steroid dienone is 2. The molecule has 0 aromatic carbocycles. The lowest BCUT2D eigenvalue weighted by Crippen LogP contribution is -2.64. The predicted molar refractivity (Wildman–Crippen MR) is 388 cm³/mol. The van der Waals surface area contributed by atoms with Gasteiger partial charge in [0.15, 0.2) is 0 Å². The van der Waals surface area contributed by atoms with E-state index in [1.807, 2.05) is 54.7 Å². The molecule has 26 heteroatoms. The normalized spacial score (nSPS) is 26.1.